The predicted molar refractivity (Wildman–Crippen MR) is 111 cm³/mol. The van der Waals surface area contributed by atoms with Gasteiger partial charge >= 0.3 is 0 Å². The molecule has 0 aliphatic heterocycles. The van der Waals surface area contributed by atoms with Crippen molar-refractivity contribution in [2.45, 2.75) is 45.1 Å². The topological polar surface area (TPSA) is 55.4 Å². The minimum Gasteiger partial charge on any atom is -0.497 e. The van der Waals surface area contributed by atoms with Crippen molar-refractivity contribution in [3.63, 3.8) is 0 Å². The van der Waals surface area contributed by atoms with Gasteiger partial charge in [-0.2, -0.15) is 0 Å². The molecule has 0 radical (unpaired) electrons. The van der Waals surface area contributed by atoms with Gasteiger partial charge in [-0.05, 0) is 48.2 Å². The Bertz CT molecular complexity index is 814. The lowest BCUT2D eigenvalue weighted by Gasteiger charge is -2.17. The summed E-state index contributed by atoms with van der Waals surface area (Å²) in [5.41, 5.74) is 2.95. The number of ether oxygens (including phenoxy) is 1. The van der Waals surface area contributed by atoms with E-state index in [1.807, 2.05) is 48.5 Å². The van der Waals surface area contributed by atoms with E-state index in [-0.39, 0.29) is 24.8 Å². The first-order valence-corrected chi connectivity index (χ1v) is 9.58. The first kappa shape index (κ1) is 21.2. The van der Waals surface area contributed by atoms with Gasteiger partial charge in [0.1, 0.15) is 12.0 Å². The van der Waals surface area contributed by atoms with Crippen LogP contribution in [0, 0.1) is 11.8 Å². The summed E-state index contributed by atoms with van der Waals surface area (Å²) in [5, 5.41) is 2.97. The zero-order valence-corrected chi connectivity index (χ0v) is 16.5. The van der Waals surface area contributed by atoms with Crippen LogP contribution < -0.4 is 10.1 Å². The molecule has 2 aromatic rings. The lowest BCUT2D eigenvalue weighted by molar-refractivity contribution is -0.121. The van der Waals surface area contributed by atoms with Crippen LogP contribution in [0.5, 0.6) is 5.75 Å². The van der Waals surface area contributed by atoms with Crippen LogP contribution in [0.15, 0.2) is 48.5 Å². The summed E-state index contributed by atoms with van der Waals surface area (Å²) in [6.45, 7) is 2.11. The average Bonchev–Trinajstić information content (AvgIpc) is 2.70. The van der Waals surface area contributed by atoms with E-state index in [0.717, 1.165) is 41.6 Å². The SMILES string of the molecule is CCCC#Cc1ccc(CC(CC=O)NC(=O)Cc2ccc(OC)cc2)cc1. The molecule has 0 spiro atoms. The van der Waals surface area contributed by atoms with E-state index in [1.54, 1.807) is 7.11 Å². The Balaban J connectivity index is 1.93. The summed E-state index contributed by atoms with van der Waals surface area (Å²) >= 11 is 0. The highest BCUT2D eigenvalue weighted by molar-refractivity contribution is 5.79. The molecule has 0 saturated heterocycles. The third-order valence-corrected chi connectivity index (χ3v) is 4.31. The molecule has 0 saturated carbocycles. The van der Waals surface area contributed by atoms with Crippen molar-refractivity contribution in [2.75, 3.05) is 7.11 Å². The second kappa shape index (κ2) is 11.6. The molecule has 2 aromatic carbocycles. The van der Waals surface area contributed by atoms with E-state index >= 15 is 0 Å². The molecule has 146 valence electrons. The van der Waals surface area contributed by atoms with Crippen molar-refractivity contribution in [3.8, 4) is 17.6 Å². The van der Waals surface area contributed by atoms with Gasteiger partial charge in [0.05, 0.1) is 13.5 Å². The van der Waals surface area contributed by atoms with Crippen molar-refractivity contribution in [2.24, 2.45) is 0 Å². The van der Waals surface area contributed by atoms with E-state index < -0.39 is 0 Å². The molecule has 0 heterocycles. The van der Waals surface area contributed by atoms with Crippen LogP contribution in [-0.4, -0.2) is 25.3 Å². The fraction of sp³-hybridized carbons (Fsp3) is 0.333. The number of carbonyl (C=O) groups is 2. The van der Waals surface area contributed by atoms with Crippen molar-refractivity contribution in [3.05, 3.63) is 65.2 Å². The zero-order valence-electron chi connectivity index (χ0n) is 16.5. The summed E-state index contributed by atoms with van der Waals surface area (Å²) in [6, 6.07) is 15.1. The summed E-state index contributed by atoms with van der Waals surface area (Å²) in [7, 11) is 1.61. The largest absolute Gasteiger partial charge is 0.497 e. The van der Waals surface area contributed by atoms with Crippen LogP contribution in [0.25, 0.3) is 0 Å². The molecule has 1 unspecified atom stereocenters. The second-order valence-electron chi connectivity index (χ2n) is 6.64. The van der Waals surface area contributed by atoms with Crippen molar-refractivity contribution in [1.82, 2.24) is 5.32 Å². The lowest BCUT2D eigenvalue weighted by atomic mass is 10.0. The summed E-state index contributed by atoms with van der Waals surface area (Å²) in [5.74, 6) is 6.92. The van der Waals surface area contributed by atoms with E-state index in [2.05, 4.69) is 24.1 Å². The van der Waals surface area contributed by atoms with E-state index in [1.165, 1.54) is 0 Å². The number of unbranched alkanes of at least 4 members (excludes halogenated alkanes) is 1. The first-order valence-electron chi connectivity index (χ1n) is 9.58. The molecule has 28 heavy (non-hydrogen) atoms. The van der Waals surface area contributed by atoms with Crippen LogP contribution in [0.2, 0.25) is 0 Å². The number of carbonyl (C=O) groups excluding carboxylic acids is 2. The van der Waals surface area contributed by atoms with Gasteiger partial charge in [-0.3, -0.25) is 4.79 Å². The van der Waals surface area contributed by atoms with Gasteiger partial charge in [0.2, 0.25) is 5.91 Å². The van der Waals surface area contributed by atoms with E-state index in [9.17, 15) is 9.59 Å². The Kier molecular flexibility index (Phi) is 8.81. The minimum absolute atomic E-state index is 0.0981. The van der Waals surface area contributed by atoms with Gasteiger partial charge in [-0.15, -0.1) is 0 Å². The van der Waals surface area contributed by atoms with Gasteiger partial charge < -0.3 is 14.8 Å². The molecule has 1 atom stereocenters. The second-order valence-corrected chi connectivity index (χ2v) is 6.64. The Morgan fingerprint density at radius 3 is 2.39 bits per heavy atom. The maximum Gasteiger partial charge on any atom is 0.224 e. The van der Waals surface area contributed by atoms with Gasteiger partial charge in [-0.1, -0.05) is 43.0 Å². The number of benzene rings is 2. The Morgan fingerprint density at radius 2 is 1.79 bits per heavy atom. The number of methoxy groups -OCH3 is 1. The standard InChI is InChI=1S/C24H27NO3/c1-3-4-5-6-19-7-9-20(10-8-19)17-22(15-16-26)25-24(27)18-21-11-13-23(28-2)14-12-21/h7-14,16,22H,3-4,15,17-18H2,1-2H3,(H,25,27). The van der Waals surface area contributed by atoms with Crippen molar-refractivity contribution >= 4 is 12.2 Å². The minimum atomic E-state index is -0.222. The molecule has 0 aliphatic rings. The Hall–Kier alpha value is -3.06. The third-order valence-electron chi connectivity index (χ3n) is 4.31. The number of aldehydes is 1. The van der Waals surface area contributed by atoms with Gasteiger partial charge in [0.15, 0.2) is 0 Å². The highest BCUT2D eigenvalue weighted by Gasteiger charge is 2.13. The highest BCUT2D eigenvalue weighted by Crippen LogP contribution is 2.12. The number of amides is 1. The van der Waals surface area contributed by atoms with Crippen LogP contribution >= 0.6 is 0 Å². The van der Waals surface area contributed by atoms with Crippen molar-refractivity contribution in [1.29, 1.82) is 0 Å². The molecule has 4 heteroatoms. The molecule has 2 rings (SSSR count). The van der Waals surface area contributed by atoms with Gasteiger partial charge in [0.25, 0.3) is 0 Å². The molecule has 1 N–H and O–H groups in total. The molecule has 0 fully saturated rings. The van der Waals surface area contributed by atoms with Gasteiger partial charge in [0, 0.05) is 24.4 Å². The Morgan fingerprint density at radius 1 is 1.11 bits per heavy atom. The summed E-state index contributed by atoms with van der Waals surface area (Å²) < 4.78 is 5.12. The van der Waals surface area contributed by atoms with Crippen LogP contribution in [-0.2, 0) is 22.4 Å². The molecule has 0 aliphatic carbocycles. The third kappa shape index (κ3) is 7.28. The average molecular weight is 377 g/mol. The Labute approximate surface area is 167 Å². The number of rotatable bonds is 9. The van der Waals surface area contributed by atoms with Gasteiger partial charge in [-0.25, -0.2) is 0 Å². The normalized spacial score (nSPS) is 11.1. The monoisotopic (exact) mass is 377 g/mol. The van der Waals surface area contributed by atoms with Crippen molar-refractivity contribution < 1.29 is 14.3 Å². The first-order chi connectivity index (χ1) is 13.6. The summed E-state index contributed by atoms with van der Waals surface area (Å²) in [4.78, 5) is 23.4. The molecule has 0 aromatic heterocycles. The molecule has 0 bridgehead atoms. The maximum atomic E-state index is 12.4. The maximum absolute atomic E-state index is 12.4. The number of hydrogen-bond donors (Lipinski definition) is 1. The summed E-state index contributed by atoms with van der Waals surface area (Å²) in [6.07, 6.45) is 3.95. The lowest BCUT2D eigenvalue weighted by Crippen LogP contribution is -2.37. The highest BCUT2D eigenvalue weighted by atomic mass is 16.5. The molecular weight excluding hydrogens is 350 g/mol. The van der Waals surface area contributed by atoms with Crippen LogP contribution in [0.3, 0.4) is 0 Å². The number of hydrogen-bond acceptors (Lipinski definition) is 3. The van der Waals surface area contributed by atoms with Crippen LogP contribution in [0.1, 0.15) is 42.9 Å². The fourth-order valence-electron chi connectivity index (χ4n) is 2.82. The fourth-order valence-corrected chi connectivity index (χ4v) is 2.82. The molecule has 4 nitrogen and oxygen atoms in total. The van der Waals surface area contributed by atoms with E-state index in [0.29, 0.717) is 6.42 Å². The quantitative estimate of drug-likeness (QED) is 0.535. The van der Waals surface area contributed by atoms with Crippen LogP contribution in [0.4, 0.5) is 0 Å². The molecular formula is C24H27NO3. The number of nitrogens with one attached hydrogen (secondary N) is 1. The predicted octanol–water partition coefficient (Wildman–Crippen LogP) is 3.71. The molecule has 1 amide bonds. The zero-order chi connectivity index (χ0) is 20.2. The smallest absolute Gasteiger partial charge is 0.224 e. The van der Waals surface area contributed by atoms with E-state index in [4.69, 9.17) is 4.74 Å².